The third kappa shape index (κ3) is 4.60. The third-order valence-electron chi connectivity index (χ3n) is 3.01. The number of nitrogens with zero attached hydrogens (tertiary/aromatic N) is 2. The van der Waals surface area contributed by atoms with Gasteiger partial charge in [0.1, 0.15) is 6.04 Å². The smallest absolute Gasteiger partial charge is 0.325 e. The van der Waals surface area contributed by atoms with Crippen LogP contribution >= 0.6 is 0 Å². The molecular formula is C11H21N3O3. The summed E-state index contributed by atoms with van der Waals surface area (Å²) in [6, 6.07) is -1.18. The third-order valence-corrected chi connectivity index (χ3v) is 3.01. The molecule has 0 aliphatic carbocycles. The molecule has 1 aliphatic heterocycles. The maximum atomic E-state index is 11.6. The number of carboxylic acid groups (broad SMARTS) is 1. The van der Waals surface area contributed by atoms with Gasteiger partial charge in [-0.2, -0.15) is 0 Å². The van der Waals surface area contributed by atoms with E-state index in [9.17, 15) is 9.59 Å². The zero-order valence-corrected chi connectivity index (χ0v) is 10.5. The molecule has 0 radical (unpaired) electrons. The van der Waals surface area contributed by atoms with E-state index in [1.165, 1.54) is 24.7 Å². The number of carbonyl (C=O) groups is 2. The van der Waals surface area contributed by atoms with Crippen molar-refractivity contribution < 1.29 is 14.7 Å². The molecule has 0 unspecified atom stereocenters. The second-order valence-electron chi connectivity index (χ2n) is 4.48. The fourth-order valence-corrected chi connectivity index (χ4v) is 1.76. The quantitative estimate of drug-likeness (QED) is 0.723. The molecule has 1 fully saturated rings. The SMILES string of the molecule is C[C@H](NC(=O)N(C)CCN1CCCC1)C(=O)O. The second kappa shape index (κ2) is 6.44. The van der Waals surface area contributed by atoms with Crippen molar-refractivity contribution in [1.29, 1.82) is 0 Å². The van der Waals surface area contributed by atoms with Gasteiger partial charge in [0, 0.05) is 20.1 Å². The van der Waals surface area contributed by atoms with Crippen molar-refractivity contribution in [3.05, 3.63) is 0 Å². The first-order valence-corrected chi connectivity index (χ1v) is 5.97. The van der Waals surface area contributed by atoms with Gasteiger partial charge in [-0.1, -0.05) is 0 Å². The molecule has 0 aromatic rings. The molecule has 6 nitrogen and oxygen atoms in total. The van der Waals surface area contributed by atoms with Gasteiger partial charge in [-0.3, -0.25) is 4.79 Å². The number of amides is 2. The summed E-state index contributed by atoms with van der Waals surface area (Å²) >= 11 is 0. The second-order valence-corrected chi connectivity index (χ2v) is 4.48. The molecule has 2 amide bonds. The molecule has 98 valence electrons. The zero-order chi connectivity index (χ0) is 12.8. The number of hydrogen-bond acceptors (Lipinski definition) is 3. The van der Waals surface area contributed by atoms with Crippen molar-refractivity contribution in [3.8, 4) is 0 Å². The molecule has 1 rings (SSSR count). The molecule has 0 aromatic carbocycles. The van der Waals surface area contributed by atoms with Crippen LogP contribution in [0.3, 0.4) is 0 Å². The van der Waals surface area contributed by atoms with Crippen LogP contribution in [0.2, 0.25) is 0 Å². The van der Waals surface area contributed by atoms with Crippen molar-refractivity contribution >= 4 is 12.0 Å². The van der Waals surface area contributed by atoms with Gasteiger partial charge in [-0.25, -0.2) is 4.79 Å². The van der Waals surface area contributed by atoms with E-state index >= 15 is 0 Å². The summed E-state index contributed by atoms with van der Waals surface area (Å²) in [4.78, 5) is 26.0. The fourth-order valence-electron chi connectivity index (χ4n) is 1.76. The molecule has 0 saturated carbocycles. The number of hydrogen-bond donors (Lipinski definition) is 2. The van der Waals surface area contributed by atoms with Crippen LogP contribution in [0.15, 0.2) is 0 Å². The summed E-state index contributed by atoms with van der Waals surface area (Å²) in [6.45, 7) is 5.13. The van der Waals surface area contributed by atoms with E-state index in [-0.39, 0.29) is 6.03 Å². The van der Waals surface area contributed by atoms with Gasteiger partial charge in [0.15, 0.2) is 0 Å². The number of nitrogens with one attached hydrogen (secondary N) is 1. The van der Waals surface area contributed by atoms with Gasteiger partial charge in [-0.05, 0) is 32.9 Å². The van der Waals surface area contributed by atoms with Crippen LogP contribution in [0, 0.1) is 0 Å². The standard InChI is InChI=1S/C11H21N3O3/c1-9(10(15)16)12-11(17)13(2)7-8-14-5-3-4-6-14/h9H,3-8H2,1-2H3,(H,12,17)(H,15,16)/t9-/m0/s1. The molecule has 1 atom stereocenters. The van der Waals surface area contributed by atoms with Gasteiger partial charge in [0.25, 0.3) is 0 Å². The normalized spacial score (nSPS) is 17.8. The molecule has 1 heterocycles. The van der Waals surface area contributed by atoms with Crippen LogP contribution in [0.4, 0.5) is 4.79 Å². The highest BCUT2D eigenvalue weighted by atomic mass is 16.4. The fraction of sp³-hybridized carbons (Fsp3) is 0.818. The van der Waals surface area contributed by atoms with E-state index in [1.807, 2.05) is 0 Å². The van der Waals surface area contributed by atoms with Crippen molar-refractivity contribution in [2.45, 2.75) is 25.8 Å². The van der Waals surface area contributed by atoms with E-state index in [1.54, 1.807) is 7.05 Å². The number of likely N-dealkylation sites (N-methyl/N-ethyl adjacent to an activating group) is 1. The van der Waals surface area contributed by atoms with Crippen LogP contribution < -0.4 is 5.32 Å². The minimum atomic E-state index is -1.02. The van der Waals surface area contributed by atoms with E-state index in [0.29, 0.717) is 6.54 Å². The first-order chi connectivity index (χ1) is 8.00. The Kier molecular flexibility index (Phi) is 5.21. The Morgan fingerprint density at radius 1 is 1.41 bits per heavy atom. The topological polar surface area (TPSA) is 72.9 Å². The Hall–Kier alpha value is -1.30. The van der Waals surface area contributed by atoms with Crippen LogP contribution in [-0.4, -0.2) is 66.2 Å². The summed E-state index contributed by atoms with van der Waals surface area (Å²) in [5.41, 5.74) is 0. The summed E-state index contributed by atoms with van der Waals surface area (Å²) in [5, 5.41) is 11.1. The summed E-state index contributed by atoms with van der Waals surface area (Å²) in [6.07, 6.45) is 2.46. The lowest BCUT2D eigenvalue weighted by molar-refractivity contribution is -0.138. The average Bonchev–Trinajstić information content (AvgIpc) is 2.78. The van der Waals surface area contributed by atoms with Gasteiger partial charge >= 0.3 is 12.0 Å². The minimum Gasteiger partial charge on any atom is -0.480 e. The molecule has 17 heavy (non-hydrogen) atoms. The maximum Gasteiger partial charge on any atom is 0.325 e. The highest BCUT2D eigenvalue weighted by molar-refractivity contribution is 5.82. The maximum absolute atomic E-state index is 11.6. The minimum absolute atomic E-state index is 0.334. The predicted molar refractivity (Wildman–Crippen MR) is 63.9 cm³/mol. The molecule has 0 spiro atoms. The first kappa shape index (κ1) is 13.8. The van der Waals surface area contributed by atoms with Crippen LogP contribution in [0.1, 0.15) is 19.8 Å². The largest absolute Gasteiger partial charge is 0.480 e. The molecule has 0 aromatic heterocycles. The molecule has 1 aliphatic rings. The monoisotopic (exact) mass is 243 g/mol. The molecule has 0 bridgehead atoms. The Morgan fingerprint density at radius 3 is 2.53 bits per heavy atom. The summed E-state index contributed by atoms with van der Waals surface area (Å²) in [5.74, 6) is -1.02. The predicted octanol–water partition coefficient (Wildman–Crippen LogP) is 0.197. The number of urea groups is 1. The summed E-state index contributed by atoms with van der Waals surface area (Å²) in [7, 11) is 1.68. The van der Waals surface area contributed by atoms with Gasteiger partial charge in [-0.15, -0.1) is 0 Å². The van der Waals surface area contributed by atoms with Gasteiger partial charge in [0.05, 0.1) is 0 Å². The molecule has 1 saturated heterocycles. The Morgan fingerprint density at radius 2 is 2.00 bits per heavy atom. The lowest BCUT2D eigenvalue weighted by atomic mass is 10.3. The van der Waals surface area contributed by atoms with E-state index < -0.39 is 12.0 Å². The first-order valence-electron chi connectivity index (χ1n) is 5.97. The Bertz CT molecular complexity index is 277. The Labute approximate surface area is 102 Å². The number of carboxylic acids is 1. The highest BCUT2D eigenvalue weighted by Crippen LogP contribution is 2.06. The van der Waals surface area contributed by atoms with Crippen LogP contribution in [0.25, 0.3) is 0 Å². The van der Waals surface area contributed by atoms with Gasteiger partial charge < -0.3 is 20.2 Å². The number of likely N-dealkylation sites (tertiary alicyclic amines) is 1. The van der Waals surface area contributed by atoms with Crippen molar-refractivity contribution in [1.82, 2.24) is 15.1 Å². The van der Waals surface area contributed by atoms with Crippen molar-refractivity contribution in [2.75, 3.05) is 33.2 Å². The van der Waals surface area contributed by atoms with Crippen LogP contribution in [-0.2, 0) is 4.79 Å². The van der Waals surface area contributed by atoms with E-state index in [4.69, 9.17) is 5.11 Å². The summed E-state index contributed by atoms with van der Waals surface area (Å²) < 4.78 is 0. The lowest BCUT2D eigenvalue weighted by Crippen LogP contribution is -2.46. The lowest BCUT2D eigenvalue weighted by Gasteiger charge is -2.22. The highest BCUT2D eigenvalue weighted by Gasteiger charge is 2.18. The molecular weight excluding hydrogens is 222 g/mol. The number of aliphatic carboxylic acids is 1. The van der Waals surface area contributed by atoms with Crippen molar-refractivity contribution in [2.24, 2.45) is 0 Å². The number of rotatable bonds is 5. The van der Waals surface area contributed by atoms with Crippen molar-refractivity contribution in [3.63, 3.8) is 0 Å². The number of carbonyl (C=O) groups excluding carboxylic acids is 1. The average molecular weight is 243 g/mol. The van der Waals surface area contributed by atoms with Crippen LogP contribution in [0.5, 0.6) is 0 Å². The van der Waals surface area contributed by atoms with E-state index in [0.717, 1.165) is 19.6 Å². The molecule has 6 heteroatoms. The van der Waals surface area contributed by atoms with E-state index in [2.05, 4.69) is 10.2 Å². The van der Waals surface area contributed by atoms with Gasteiger partial charge in [0.2, 0.25) is 0 Å². The zero-order valence-electron chi connectivity index (χ0n) is 10.5. The Balaban J connectivity index is 2.23. The molecule has 2 N–H and O–H groups in total.